The zero-order chi connectivity index (χ0) is 22.1. The number of hydrogen-bond acceptors (Lipinski definition) is 7. The third-order valence-corrected chi connectivity index (χ3v) is 4.28. The molecule has 13 heteroatoms. The summed E-state index contributed by atoms with van der Waals surface area (Å²) in [7, 11) is 0. The van der Waals surface area contributed by atoms with Crippen molar-refractivity contribution in [2.45, 2.75) is 50.2 Å². The van der Waals surface area contributed by atoms with E-state index in [0.717, 1.165) is 0 Å². The minimum atomic E-state index is -1.41. The van der Waals surface area contributed by atoms with E-state index < -0.39 is 73.1 Å². The van der Waals surface area contributed by atoms with Crippen LogP contribution in [0.15, 0.2) is 0 Å². The highest BCUT2D eigenvalue weighted by Crippen LogP contribution is 2.18. The summed E-state index contributed by atoms with van der Waals surface area (Å²) in [5.41, 5.74) is 5.39. The van der Waals surface area contributed by atoms with Gasteiger partial charge in [0.05, 0.1) is 19.0 Å². The Morgan fingerprint density at radius 2 is 1.72 bits per heavy atom. The van der Waals surface area contributed by atoms with Crippen LogP contribution < -0.4 is 16.4 Å². The molecule has 29 heavy (non-hydrogen) atoms. The maximum absolute atomic E-state index is 12.4. The van der Waals surface area contributed by atoms with E-state index in [2.05, 4.69) is 10.6 Å². The van der Waals surface area contributed by atoms with Crippen molar-refractivity contribution in [2.75, 3.05) is 13.1 Å². The van der Waals surface area contributed by atoms with E-state index in [9.17, 15) is 28.8 Å². The molecular formula is C16H24N4O9. The van der Waals surface area contributed by atoms with E-state index >= 15 is 0 Å². The topological polar surface area (TPSA) is 216 Å². The number of hydrogen-bond donors (Lipinski definition) is 6. The van der Waals surface area contributed by atoms with Crippen molar-refractivity contribution in [1.82, 2.24) is 15.5 Å². The van der Waals surface area contributed by atoms with Crippen LogP contribution in [0.25, 0.3) is 0 Å². The van der Waals surface area contributed by atoms with Crippen molar-refractivity contribution in [3.8, 4) is 0 Å². The van der Waals surface area contributed by atoms with Crippen LogP contribution in [0.2, 0.25) is 0 Å². The molecule has 0 spiro atoms. The molecule has 0 radical (unpaired) electrons. The summed E-state index contributed by atoms with van der Waals surface area (Å²) in [5, 5.41) is 30.8. The van der Waals surface area contributed by atoms with Crippen LogP contribution in [0.5, 0.6) is 0 Å². The Kier molecular flexibility index (Phi) is 8.99. The second-order valence-electron chi connectivity index (χ2n) is 6.50. The van der Waals surface area contributed by atoms with Gasteiger partial charge in [-0.15, -0.1) is 0 Å². The van der Waals surface area contributed by atoms with Gasteiger partial charge < -0.3 is 36.6 Å². The van der Waals surface area contributed by atoms with Crippen LogP contribution >= 0.6 is 0 Å². The minimum absolute atomic E-state index is 0.209. The van der Waals surface area contributed by atoms with Gasteiger partial charge in [-0.1, -0.05) is 0 Å². The molecule has 0 saturated carbocycles. The van der Waals surface area contributed by atoms with E-state index in [1.54, 1.807) is 0 Å². The number of nitrogens with two attached hydrogens (primary N) is 1. The van der Waals surface area contributed by atoms with E-state index in [-0.39, 0.29) is 19.4 Å². The van der Waals surface area contributed by atoms with Gasteiger partial charge in [-0.05, 0) is 19.3 Å². The molecule has 0 aromatic carbocycles. The Morgan fingerprint density at radius 1 is 1.07 bits per heavy atom. The molecule has 7 N–H and O–H groups in total. The highest BCUT2D eigenvalue weighted by molar-refractivity contribution is 5.93. The smallest absolute Gasteiger partial charge is 0.326 e. The molecule has 0 bridgehead atoms. The summed E-state index contributed by atoms with van der Waals surface area (Å²) in [6, 6.07) is -3.70. The molecule has 13 nitrogen and oxygen atoms in total. The zero-order valence-electron chi connectivity index (χ0n) is 15.5. The van der Waals surface area contributed by atoms with Crippen molar-refractivity contribution in [1.29, 1.82) is 0 Å². The molecule has 1 aliphatic rings. The van der Waals surface area contributed by atoms with Crippen LogP contribution in [0.4, 0.5) is 0 Å². The maximum atomic E-state index is 12.4. The molecule has 3 atom stereocenters. The van der Waals surface area contributed by atoms with Crippen molar-refractivity contribution in [3.63, 3.8) is 0 Å². The number of likely N-dealkylation sites (tertiary alicyclic amines) is 1. The molecule has 1 rings (SSSR count). The van der Waals surface area contributed by atoms with Gasteiger partial charge in [-0.2, -0.15) is 0 Å². The molecule has 3 amide bonds. The third kappa shape index (κ3) is 7.73. The third-order valence-electron chi connectivity index (χ3n) is 4.28. The summed E-state index contributed by atoms with van der Waals surface area (Å²) >= 11 is 0. The van der Waals surface area contributed by atoms with Crippen LogP contribution in [0.3, 0.4) is 0 Å². The summed E-state index contributed by atoms with van der Waals surface area (Å²) in [6.07, 6.45) is -0.623. The monoisotopic (exact) mass is 416 g/mol. The van der Waals surface area contributed by atoms with Gasteiger partial charge in [0.2, 0.25) is 17.7 Å². The minimum Gasteiger partial charge on any atom is -0.481 e. The Labute approximate surface area is 165 Å². The van der Waals surface area contributed by atoms with Crippen molar-refractivity contribution < 1.29 is 44.1 Å². The van der Waals surface area contributed by atoms with Crippen LogP contribution in [-0.2, 0) is 28.8 Å². The summed E-state index contributed by atoms with van der Waals surface area (Å²) in [5.74, 6) is -6.06. The molecule has 0 aliphatic carbocycles. The average molecular weight is 416 g/mol. The van der Waals surface area contributed by atoms with Gasteiger partial charge in [0.1, 0.15) is 12.1 Å². The Bertz CT molecular complexity index is 681. The number of carbonyl (C=O) groups excluding carboxylic acids is 3. The van der Waals surface area contributed by atoms with Gasteiger partial charge >= 0.3 is 17.9 Å². The highest BCUT2D eigenvalue weighted by Gasteiger charge is 2.36. The normalized spacial score (nSPS) is 17.8. The fourth-order valence-corrected chi connectivity index (χ4v) is 2.81. The molecule has 1 aliphatic heterocycles. The van der Waals surface area contributed by atoms with E-state index in [1.807, 2.05) is 0 Å². The number of carboxylic acid groups (broad SMARTS) is 3. The fraction of sp³-hybridized carbons (Fsp3) is 0.625. The van der Waals surface area contributed by atoms with Gasteiger partial charge in [0, 0.05) is 13.0 Å². The number of carbonyl (C=O) groups is 6. The van der Waals surface area contributed by atoms with Gasteiger partial charge in [-0.3, -0.25) is 24.0 Å². The first-order valence-electron chi connectivity index (χ1n) is 8.82. The van der Waals surface area contributed by atoms with Crippen molar-refractivity contribution >= 4 is 35.6 Å². The van der Waals surface area contributed by atoms with Crippen molar-refractivity contribution in [2.24, 2.45) is 5.73 Å². The molecule has 1 heterocycles. The van der Waals surface area contributed by atoms with E-state index in [4.69, 9.17) is 21.1 Å². The number of rotatable bonds is 11. The SMILES string of the molecule is NC(CC(=O)O)C(=O)NCC(=O)N1CCCC1C(=O)NC(CCC(=O)O)C(=O)O. The first kappa shape index (κ1) is 23.8. The molecule has 162 valence electrons. The maximum Gasteiger partial charge on any atom is 0.326 e. The molecule has 1 fully saturated rings. The number of aliphatic carboxylic acids is 3. The second kappa shape index (κ2) is 10.9. The average Bonchev–Trinajstić information content (AvgIpc) is 3.11. The lowest BCUT2D eigenvalue weighted by atomic mass is 10.1. The fourth-order valence-electron chi connectivity index (χ4n) is 2.81. The van der Waals surface area contributed by atoms with Gasteiger partial charge in [-0.25, -0.2) is 4.79 Å². The van der Waals surface area contributed by atoms with Crippen LogP contribution in [0.1, 0.15) is 32.1 Å². The van der Waals surface area contributed by atoms with Crippen LogP contribution in [-0.4, -0.2) is 87.1 Å². The Balaban J connectivity index is 2.64. The highest BCUT2D eigenvalue weighted by atomic mass is 16.4. The molecular weight excluding hydrogens is 392 g/mol. The first-order valence-corrected chi connectivity index (χ1v) is 8.82. The van der Waals surface area contributed by atoms with Gasteiger partial charge in [0.25, 0.3) is 0 Å². The number of nitrogens with zero attached hydrogens (tertiary/aromatic N) is 1. The molecule has 3 unspecified atom stereocenters. The van der Waals surface area contributed by atoms with Crippen molar-refractivity contribution in [3.05, 3.63) is 0 Å². The van der Waals surface area contributed by atoms with E-state index in [0.29, 0.717) is 6.42 Å². The van der Waals surface area contributed by atoms with E-state index in [1.165, 1.54) is 4.90 Å². The number of amides is 3. The Morgan fingerprint density at radius 3 is 2.28 bits per heavy atom. The molecule has 0 aromatic rings. The number of carboxylic acids is 3. The first-order chi connectivity index (χ1) is 13.5. The van der Waals surface area contributed by atoms with Crippen LogP contribution in [0, 0.1) is 0 Å². The lowest BCUT2D eigenvalue weighted by Gasteiger charge is -2.25. The zero-order valence-corrected chi connectivity index (χ0v) is 15.5. The predicted octanol–water partition coefficient (Wildman–Crippen LogP) is -2.67. The summed E-state index contributed by atoms with van der Waals surface area (Å²) in [6.45, 7) is -0.294. The lowest BCUT2D eigenvalue weighted by Crippen LogP contribution is -2.53. The molecule has 0 aromatic heterocycles. The lowest BCUT2D eigenvalue weighted by molar-refractivity contribution is -0.144. The quantitative estimate of drug-likeness (QED) is 0.205. The predicted molar refractivity (Wildman–Crippen MR) is 94.4 cm³/mol. The summed E-state index contributed by atoms with van der Waals surface area (Å²) < 4.78 is 0. The largest absolute Gasteiger partial charge is 0.481 e. The Hall–Kier alpha value is -3.22. The van der Waals surface area contributed by atoms with Gasteiger partial charge in [0.15, 0.2) is 0 Å². The summed E-state index contributed by atoms with van der Waals surface area (Å²) in [4.78, 5) is 70.0. The molecule has 1 saturated heterocycles. The second-order valence-corrected chi connectivity index (χ2v) is 6.50. The number of nitrogens with one attached hydrogen (secondary N) is 2. The standard InChI is InChI=1S/C16H24N4O9/c17-8(6-13(24)25)14(26)18-7-11(21)20-5-1-2-10(20)15(27)19-9(16(28)29)3-4-12(22)23/h8-10H,1-7,17H2,(H,18,26)(H,19,27)(H,22,23)(H,24,25)(H,28,29).